The molecular weight excluding hydrogens is 380 g/mol. The Morgan fingerprint density at radius 1 is 1.27 bits per heavy atom. The largest absolute Gasteiger partial charge is 0.493 e. The summed E-state index contributed by atoms with van der Waals surface area (Å²) in [5, 5.41) is 2.71. The Morgan fingerprint density at radius 3 is 3.10 bits per heavy atom. The molecule has 0 atom stereocenters. The zero-order valence-electron chi connectivity index (χ0n) is 16.0. The molecule has 1 aliphatic heterocycles. The number of ether oxygens (including phenoxy) is 2. The molecule has 2 aromatic heterocycles. The van der Waals surface area contributed by atoms with Gasteiger partial charge in [0.1, 0.15) is 17.0 Å². The van der Waals surface area contributed by atoms with Gasteiger partial charge in [0.25, 0.3) is 0 Å². The van der Waals surface area contributed by atoms with Gasteiger partial charge in [-0.25, -0.2) is 9.97 Å². The first-order valence-corrected chi connectivity index (χ1v) is 9.51. The van der Waals surface area contributed by atoms with E-state index in [4.69, 9.17) is 9.47 Å². The maximum absolute atomic E-state index is 11.5. The summed E-state index contributed by atoms with van der Waals surface area (Å²) in [6.07, 6.45) is 5.58. The first-order chi connectivity index (χ1) is 14.7. The van der Waals surface area contributed by atoms with Crippen LogP contribution in [0.3, 0.4) is 0 Å². The van der Waals surface area contributed by atoms with Gasteiger partial charge >= 0.3 is 0 Å². The number of carbonyl (C=O) groups excluding carboxylic acids is 1. The number of H-pyrrole nitrogens is 1. The molecule has 0 saturated heterocycles. The monoisotopic (exact) mass is 398 g/mol. The van der Waals surface area contributed by atoms with Crippen LogP contribution < -0.4 is 14.8 Å². The van der Waals surface area contributed by atoms with Crippen LogP contribution in [-0.2, 0) is 11.2 Å². The van der Waals surface area contributed by atoms with E-state index >= 15 is 0 Å². The zero-order chi connectivity index (χ0) is 20.5. The topological polar surface area (TPSA) is 89.1 Å². The third kappa shape index (κ3) is 3.37. The minimum absolute atomic E-state index is 0.287. The minimum Gasteiger partial charge on any atom is -0.493 e. The first-order valence-electron chi connectivity index (χ1n) is 9.51. The standard InChI is InChI=1S/C23H18N4O3/c1-2-20(28)26-16-4-3-5-17(11-16)30-21-13-25-23-22(27-21)18(12-24-23)14-6-7-19-15(10-14)8-9-29-19/h2-7,10-13H,1,8-9H2,(H,24,25)(H,26,28). The van der Waals surface area contributed by atoms with Crippen molar-refractivity contribution in [3.05, 3.63) is 73.1 Å². The second-order valence-electron chi connectivity index (χ2n) is 6.85. The number of amides is 1. The molecule has 0 bridgehead atoms. The molecular formula is C23H18N4O3. The molecule has 4 aromatic rings. The molecule has 0 spiro atoms. The fourth-order valence-electron chi connectivity index (χ4n) is 3.45. The van der Waals surface area contributed by atoms with Crippen LogP contribution in [0.4, 0.5) is 5.69 Å². The molecule has 2 aromatic carbocycles. The van der Waals surface area contributed by atoms with Crippen molar-refractivity contribution in [2.75, 3.05) is 11.9 Å². The van der Waals surface area contributed by atoms with E-state index in [0.29, 0.717) is 23.0 Å². The van der Waals surface area contributed by atoms with E-state index in [1.54, 1.807) is 30.5 Å². The molecule has 0 fully saturated rings. The Labute approximate surface area is 172 Å². The van der Waals surface area contributed by atoms with Crippen molar-refractivity contribution in [3.63, 3.8) is 0 Å². The van der Waals surface area contributed by atoms with E-state index in [9.17, 15) is 4.79 Å². The van der Waals surface area contributed by atoms with Crippen LogP contribution >= 0.6 is 0 Å². The van der Waals surface area contributed by atoms with Crippen LogP contribution in [0.5, 0.6) is 17.4 Å². The summed E-state index contributed by atoms with van der Waals surface area (Å²) in [5.41, 5.74) is 5.20. The number of hydrogen-bond donors (Lipinski definition) is 2. The van der Waals surface area contributed by atoms with Crippen LogP contribution in [0, 0.1) is 0 Å². The van der Waals surface area contributed by atoms with Gasteiger partial charge in [-0.1, -0.05) is 18.7 Å². The molecule has 2 N–H and O–H groups in total. The third-order valence-electron chi connectivity index (χ3n) is 4.87. The van der Waals surface area contributed by atoms with Crippen molar-refractivity contribution < 1.29 is 14.3 Å². The normalized spacial score (nSPS) is 12.3. The van der Waals surface area contributed by atoms with Crippen molar-refractivity contribution in [2.24, 2.45) is 0 Å². The first kappa shape index (κ1) is 17.9. The van der Waals surface area contributed by atoms with Gasteiger partial charge in [-0.3, -0.25) is 4.79 Å². The molecule has 0 unspecified atom stereocenters. The number of hydrogen-bond acceptors (Lipinski definition) is 5. The maximum Gasteiger partial charge on any atom is 0.247 e. The summed E-state index contributed by atoms with van der Waals surface area (Å²) >= 11 is 0. The van der Waals surface area contributed by atoms with Crippen LogP contribution in [0.25, 0.3) is 22.3 Å². The van der Waals surface area contributed by atoms with Crippen molar-refractivity contribution >= 4 is 22.8 Å². The molecule has 0 aliphatic carbocycles. The van der Waals surface area contributed by atoms with Gasteiger partial charge in [-0.2, -0.15) is 0 Å². The lowest BCUT2D eigenvalue weighted by Crippen LogP contribution is -2.07. The highest BCUT2D eigenvalue weighted by molar-refractivity contribution is 5.99. The molecule has 30 heavy (non-hydrogen) atoms. The molecule has 1 amide bonds. The van der Waals surface area contributed by atoms with Crippen molar-refractivity contribution in [1.29, 1.82) is 0 Å². The van der Waals surface area contributed by atoms with Crippen molar-refractivity contribution in [3.8, 4) is 28.5 Å². The van der Waals surface area contributed by atoms with Crippen LogP contribution in [0.2, 0.25) is 0 Å². The lowest BCUT2D eigenvalue weighted by molar-refractivity contribution is -0.111. The summed E-state index contributed by atoms with van der Waals surface area (Å²) in [4.78, 5) is 23.8. The van der Waals surface area contributed by atoms with Crippen LogP contribution in [0.1, 0.15) is 5.56 Å². The van der Waals surface area contributed by atoms with E-state index in [0.717, 1.165) is 35.4 Å². The number of carbonyl (C=O) groups is 1. The molecule has 5 rings (SSSR count). The molecule has 1 aliphatic rings. The number of aromatic nitrogens is 3. The average molecular weight is 398 g/mol. The second-order valence-corrected chi connectivity index (χ2v) is 6.85. The Bertz CT molecular complexity index is 1280. The summed E-state index contributed by atoms with van der Waals surface area (Å²) < 4.78 is 11.5. The molecule has 0 radical (unpaired) electrons. The number of anilines is 1. The smallest absolute Gasteiger partial charge is 0.247 e. The van der Waals surface area contributed by atoms with E-state index in [2.05, 4.69) is 32.9 Å². The highest BCUT2D eigenvalue weighted by Gasteiger charge is 2.16. The highest BCUT2D eigenvalue weighted by Crippen LogP contribution is 2.34. The lowest BCUT2D eigenvalue weighted by atomic mass is 10.0. The minimum atomic E-state index is -0.287. The number of nitrogens with zero attached hydrogens (tertiary/aromatic N) is 2. The third-order valence-corrected chi connectivity index (χ3v) is 4.87. The Kier molecular flexibility index (Phi) is 4.40. The van der Waals surface area contributed by atoms with Gasteiger partial charge in [0.15, 0.2) is 5.65 Å². The van der Waals surface area contributed by atoms with Crippen molar-refractivity contribution in [2.45, 2.75) is 6.42 Å². The Hall–Kier alpha value is -4.13. The van der Waals surface area contributed by atoms with Gasteiger partial charge in [0.2, 0.25) is 11.8 Å². The molecule has 7 nitrogen and oxygen atoms in total. The number of nitrogens with one attached hydrogen (secondary N) is 2. The van der Waals surface area contributed by atoms with Gasteiger partial charge < -0.3 is 19.8 Å². The molecule has 7 heteroatoms. The van der Waals surface area contributed by atoms with E-state index in [-0.39, 0.29) is 5.91 Å². The van der Waals surface area contributed by atoms with Gasteiger partial charge in [-0.15, -0.1) is 0 Å². The summed E-state index contributed by atoms with van der Waals surface area (Å²) in [6.45, 7) is 4.17. The van der Waals surface area contributed by atoms with Gasteiger partial charge in [0.05, 0.1) is 12.8 Å². The average Bonchev–Trinajstić information content (AvgIpc) is 3.40. The number of fused-ring (bicyclic) bond motifs is 2. The van der Waals surface area contributed by atoms with E-state index in [1.165, 1.54) is 11.6 Å². The summed E-state index contributed by atoms with van der Waals surface area (Å²) in [5.74, 6) is 1.56. The van der Waals surface area contributed by atoms with Crippen LogP contribution in [-0.4, -0.2) is 27.5 Å². The van der Waals surface area contributed by atoms with Crippen LogP contribution in [0.15, 0.2) is 67.5 Å². The number of aromatic amines is 1. The molecule has 148 valence electrons. The predicted octanol–water partition coefficient (Wildman–Crippen LogP) is 4.48. The fraction of sp³-hybridized carbons (Fsp3) is 0.0870. The Balaban J connectivity index is 1.46. The van der Waals surface area contributed by atoms with Gasteiger partial charge in [0, 0.05) is 29.9 Å². The number of rotatable bonds is 5. The molecule has 3 heterocycles. The van der Waals surface area contributed by atoms with Gasteiger partial charge in [-0.05, 0) is 41.5 Å². The second kappa shape index (κ2) is 7.36. The maximum atomic E-state index is 11.5. The summed E-state index contributed by atoms with van der Waals surface area (Å²) in [7, 11) is 0. The zero-order valence-corrected chi connectivity index (χ0v) is 16.0. The SMILES string of the molecule is C=CC(=O)Nc1cccc(Oc2cnc3[nH]cc(-c4ccc5c(c4)CCO5)c3n2)c1. The Morgan fingerprint density at radius 2 is 2.20 bits per heavy atom. The van der Waals surface area contributed by atoms with Crippen molar-refractivity contribution in [1.82, 2.24) is 15.0 Å². The predicted molar refractivity (Wildman–Crippen MR) is 114 cm³/mol. The van der Waals surface area contributed by atoms with E-state index in [1.807, 2.05) is 18.3 Å². The lowest BCUT2D eigenvalue weighted by Gasteiger charge is -2.08. The molecule has 0 saturated carbocycles. The van der Waals surface area contributed by atoms with E-state index < -0.39 is 0 Å². The summed E-state index contributed by atoms with van der Waals surface area (Å²) in [6, 6.07) is 13.2. The highest BCUT2D eigenvalue weighted by atomic mass is 16.5. The fourth-order valence-corrected chi connectivity index (χ4v) is 3.45. The number of benzene rings is 2. The quantitative estimate of drug-likeness (QED) is 0.484.